The molecule has 0 atom stereocenters. The molecule has 2 heterocycles. The van der Waals surface area contributed by atoms with Crippen LogP contribution >= 0.6 is 0 Å². The van der Waals surface area contributed by atoms with Crippen LogP contribution in [-0.2, 0) is 4.79 Å². The number of furan rings is 1. The zero-order chi connectivity index (χ0) is 15.5. The molecule has 22 heavy (non-hydrogen) atoms. The first-order valence-electron chi connectivity index (χ1n) is 6.59. The van der Waals surface area contributed by atoms with Gasteiger partial charge in [-0.1, -0.05) is 6.07 Å². The van der Waals surface area contributed by atoms with Crippen molar-refractivity contribution >= 4 is 17.8 Å². The van der Waals surface area contributed by atoms with Gasteiger partial charge in [-0.3, -0.25) is 4.79 Å². The Morgan fingerprint density at radius 1 is 1.14 bits per heavy atom. The molecule has 1 amide bonds. The van der Waals surface area contributed by atoms with E-state index in [1.165, 1.54) is 6.26 Å². The van der Waals surface area contributed by atoms with Crippen LogP contribution in [0.15, 0.2) is 51.7 Å². The van der Waals surface area contributed by atoms with Crippen LogP contribution in [0.2, 0.25) is 0 Å². The molecule has 6 heteroatoms. The second kappa shape index (κ2) is 5.77. The summed E-state index contributed by atoms with van der Waals surface area (Å²) in [4.78, 5) is 16.4. The predicted molar refractivity (Wildman–Crippen MR) is 80.9 cm³/mol. The van der Waals surface area contributed by atoms with Gasteiger partial charge in [-0.05, 0) is 24.3 Å². The lowest BCUT2D eigenvalue weighted by Crippen LogP contribution is -2.25. The maximum absolute atomic E-state index is 12.1. The molecule has 2 aromatic rings. The smallest absolute Gasteiger partial charge is 0.275 e. The Morgan fingerprint density at radius 3 is 2.45 bits per heavy atom. The highest BCUT2D eigenvalue weighted by molar-refractivity contribution is 6.21. The normalized spacial score (nSPS) is 15.6. The van der Waals surface area contributed by atoms with Gasteiger partial charge in [-0.15, -0.1) is 0 Å². The van der Waals surface area contributed by atoms with E-state index >= 15 is 0 Å². The van der Waals surface area contributed by atoms with Gasteiger partial charge in [-0.2, -0.15) is 0 Å². The first-order chi connectivity index (χ1) is 10.7. The molecular formula is C16H14N2O4. The maximum Gasteiger partial charge on any atom is 0.275 e. The maximum atomic E-state index is 12.1. The van der Waals surface area contributed by atoms with Crippen molar-refractivity contribution in [3.8, 4) is 11.5 Å². The van der Waals surface area contributed by atoms with E-state index in [4.69, 9.17) is 13.9 Å². The topological polar surface area (TPSA) is 73.1 Å². The number of hydrogen-bond donors (Lipinski definition) is 1. The molecular weight excluding hydrogens is 284 g/mol. The molecule has 0 saturated carbocycles. The van der Waals surface area contributed by atoms with Crippen molar-refractivity contribution in [1.82, 2.24) is 5.32 Å². The number of amidine groups is 1. The van der Waals surface area contributed by atoms with E-state index in [1.807, 2.05) is 0 Å². The first-order valence-corrected chi connectivity index (χ1v) is 6.59. The third kappa shape index (κ3) is 2.46. The molecule has 1 aliphatic heterocycles. The Balaban J connectivity index is 2.05. The van der Waals surface area contributed by atoms with Crippen molar-refractivity contribution < 1.29 is 18.7 Å². The average Bonchev–Trinajstić information content (AvgIpc) is 3.17. The Kier molecular flexibility index (Phi) is 3.65. The van der Waals surface area contributed by atoms with Gasteiger partial charge < -0.3 is 19.2 Å². The summed E-state index contributed by atoms with van der Waals surface area (Å²) in [5.41, 5.74) is 0.863. The second-order valence-electron chi connectivity index (χ2n) is 4.50. The molecule has 0 aliphatic carbocycles. The lowest BCUT2D eigenvalue weighted by Gasteiger charge is -2.12. The molecule has 6 nitrogen and oxygen atoms in total. The molecule has 0 unspecified atom stereocenters. The van der Waals surface area contributed by atoms with E-state index in [1.54, 1.807) is 50.6 Å². The summed E-state index contributed by atoms with van der Waals surface area (Å²) in [6.07, 6.45) is 3.11. The summed E-state index contributed by atoms with van der Waals surface area (Å²) in [7, 11) is 3.10. The van der Waals surface area contributed by atoms with Gasteiger partial charge in [0, 0.05) is 6.08 Å². The Bertz CT molecular complexity index is 738. The zero-order valence-corrected chi connectivity index (χ0v) is 12.1. The lowest BCUT2D eigenvalue weighted by atomic mass is 10.1. The monoisotopic (exact) mass is 298 g/mol. The van der Waals surface area contributed by atoms with Crippen LogP contribution in [0.5, 0.6) is 11.5 Å². The molecule has 112 valence electrons. The molecule has 0 bridgehead atoms. The summed E-state index contributed by atoms with van der Waals surface area (Å²) < 4.78 is 15.9. The largest absolute Gasteiger partial charge is 0.496 e. The summed E-state index contributed by atoms with van der Waals surface area (Å²) in [6, 6.07) is 8.85. The minimum atomic E-state index is -0.306. The SMILES string of the molecule is COc1cccc(OC)c1C1=N/C(=C/c2ccco2)C(=O)N1. The molecule has 0 fully saturated rings. The van der Waals surface area contributed by atoms with Gasteiger partial charge in [0.25, 0.3) is 5.91 Å². The number of nitrogens with zero attached hydrogens (tertiary/aromatic N) is 1. The minimum Gasteiger partial charge on any atom is -0.496 e. The highest BCUT2D eigenvalue weighted by Crippen LogP contribution is 2.30. The van der Waals surface area contributed by atoms with Crippen LogP contribution in [0.3, 0.4) is 0 Å². The van der Waals surface area contributed by atoms with Crippen LogP contribution in [0.1, 0.15) is 11.3 Å². The summed E-state index contributed by atoms with van der Waals surface area (Å²) >= 11 is 0. The molecule has 3 rings (SSSR count). The van der Waals surface area contributed by atoms with Crippen molar-refractivity contribution in [2.24, 2.45) is 4.99 Å². The zero-order valence-electron chi connectivity index (χ0n) is 12.1. The number of ether oxygens (including phenoxy) is 2. The highest BCUT2D eigenvalue weighted by atomic mass is 16.5. The summed E-state index contributed by atoms with van der Waals surface area (Å²) in [6.45, 7) is 0. The van der Waals surface area contributed by atoms with Crippen LogP contribution in [0.4, 0.5) is 0 Å². The standard InChI is InChI=1S/C16H14N2O4/c1-20-12-6-3-7-13(21-2)14(12)15-17-11(16(19)18-15)9-10-5-4-8-22-10/h3-9H,1-2H3,(H,17,18,19)/b11-9+. The Labute approximate surface area is 127 Å². The molecule has 1 aromatic heterocycles. The Hall–Kier alpha value is -3.02. The van der Waals surface area contributed by atoms with Crippen molar-refractivity contribution in [1.29, 1.82) is 0 Å². The molecule has 1 N–H and O–H groups in total. The van der Waals surface area contributed by atoms with E-state index in [2.05, 4.69) is 10.3 Å². The number of aliphatic imine (C=N–C) groups is 1. The van der Waals surface area contributed by atoms with Crippen molar-refractivity contribution in [3.05, 3.63) is 53.6 Å². The van der Waals surface area contributed by atoms with Gasteiger partial charge in [0.2, 0.25) is 0 Å². The fraction of sp³-hybridized carbons (Fsp3) is 0.125. The van der Waals surface area contributed by atoms with Crippen LogP contribution in [0, 0.1) is 0 Å². The number of amides is 1. The predicted octanol–water partition coefficient (Wildman–Crippen LogP) is 2.21. The third-order valence-electron chi connectivity index (χ3n) is 3.18. The molecule has 1 aromatic carbocycles. The number of hydrogen-bond acceptors (Lipinski definition) is 5. The third-order valence-corrected chi connectivity index (χ3v) is 3.18. The van der Waals surface area contributed by atoms with Gasteiger partial charge in [0.1, 0.15) is 34.4 Å². The molecule has 0 saturated heterocycles. The van der Waals surface area contributed by atoms with Crippen molar-refractivity contribution in [3.63, 3.8) is 0 Å². The minimum absolute atomic E-state index is 0.262. The molecule has 0 spiro atoms. The number of benzene rings is 1. The number of methoxy groups -OCH3 is 2. The van der Waals surface area contributed by atoms with Crippen molar-refractivity contribution in [2.45, 2.75) is 0 Å². The van der Waals surface area contributed by atoms with E-state index < -0.39 is 0 Å². The number of nitrogens with one attached hydrogen (secondary N) is 1. The van der Waals surface area contributed by atoms with E-state index in [0.29, 0.717) is 28.7 Å². The number of carbonyl (C=O) groups is 1. The summed E-state index contributed by atoms with van der Waals surface area (Å²) in [5.74, 6) is 1.77. The van der Waals surface area contributed by atoms with Gasteiger partial charge in [0.15, 0.2) is 0 Å². The van der Waals surface area contributed by atoms with Gasteiger partial charge in [-0.25, -0.2) is 4.99 Å². The van der Waals surface area contributed by atoms with Crippen molar-refractivity contribution in [2.75, 3.05) is 14.2 Å². The van der Waals surface area contributed by atoms with E-state index in [-0.39, 0.29) is 11.6 Å². The number of carbonyl (C=O) groups excluding carboxylic acids is 1. The van der Waals surface area contributed by atoms with Gasteiger partial charge in [0.05, 0.1) is 20.5 Å². The fourth-order valence-electron chi connectivity index (χ4n) is 2.18. The highest BCUT2D eigenvalue weighted by Gasteiger charge is 2.26. The fourth-order valence-corrected chi connectivity index (χ4v) is 2.18. The quantitative estimate of drug-likeness (QED) is 0.878. The first kappa shape index (κ1) is 13.9. The van der Waals surface area contributed by atoms with Gasteiger partial charge >= 0.3 is 0 Å². The van der Waals surface area contributed by atoms with Crippen LogP contribution in [-0.4, -0.2) is 26.0 Å². The second-order valence-corrected chi connectivity index (χ2v) is 4.50. The van der Waals surface area contributed by atoms with Crippen LogP contribution in [0.25, 0.3) is 6.08 Å². The average molecular weight is 298 g/mol. The van der Waals surface area contributed by atoms with E-state index in [9.17, 15) is 4.79 Å². The van der Waals surface area contributed by atoms with Crippen LogP contribution < -0.4 is 14.8 Å². The van der Waals surface area contributed by atoms with E-state index in [0.717, 1.165) is 0 Å². The molecule has 1 aliphatic rings. The lowest BCUT2D eigenvalue weighted by molar-refractivity contribution is -0.115. The summed E-state index contributed by atoms with van der Waals surface area (Å²) in [5, 5.41) is 2.72. The molecule has 0 radical (unpaired) electrons. The number of rotatable bonds is 4. The Morgan fingerprint density at radius 2 is 1.86 bits per heavy atom.